The fraction of sp³-hybridized carbons (Fsp3) is 0.778. The van der Waals surface area contributed by atoms with Gasteiger partial charge in [-0.25, -0.2) is 0 Å². The second kappa shape index (κ2) is 22.9. The number of carbonyl (C=O) groups is 4. The van der Waals surface area contributed by atoms with E-state index in [4.69, 9.17) is 10.2 Å². The molecule has 0 amide bonds. The summed E-state index contributed by atoms with van der Waals surface area (Å²) in [6.07, 6.45) is 9.60. The number of rotatable bonds is 18. The van der Waals surface area contributed by atoms with E-state index in [9.17, 15) is 19.2 Å². The SMILES string of the molecule is O=COCCCCCCCC(=O)O.O=COCCCCCCCC(=O)O. The highest BCUT2D eigenvalue weighted by Crippen LogP contribution is 2.05. The van der Waals surface area contributed by atoms with Gasteiger partial charge in [-0.15, -0.1) is 0 Å². The van der Waals surface area contributed by atoms with Gasteiger partial charge in [0, 0.05) is 12.8 Å². The highest BCUT2D eigenvalue weighted by Gasteiger charge is 1.97. The lowest BCUT2D eigenvalue weighted by atomic mass is 10.1. The Bertz CT molecular complexity index is 323. The maximum Gasteiger partial charge on any atom is 0.303 e. The molecule has 0 atom stereocenters. The summed E-state index contributed by atoms with van der Waals surface area (Å²) < 4.78 is 9.01. The van der Waals surface area contributed by atoms with Crippen LogP contribution in [-0.4, -0.2) is 48.3 Å². The van der Waals surface area contributed by atoms with Crippen molar-refractivity contribution in [2.24, 2.45) is 0 Å². The molecule has 152 valence electrons. The molecule has 0 aliphatic heterocycles. The second-order valence-electron chi connectivity index (χ2n) is 5.76. The zero-order chi connectivity index (χ0) is 19.9. The van der Waals surface area contributed by atoms with Gasteiger partial charge in [0.15, 0.2) is 0 Å². The molecule has 0 saturated carbocycles. The number of hydrogen-bond donors (Lipinski definition) is 2. The van der Waals surface area contributed by atoms with Crippen LogP contribution in [0.1, 0.15) is 77.0 Å². The molecule has 0 rings (SSSR count). The number of carboxylic acids is 2. The molecule has 0 aromatic rings. The lowest BCUT2D eigenvalue weighted by molar-refractivity contribution is -0.138. The predicted octanol–water partition coefficient (Wildman–Crippen LogP) is 3.17. The highest BCUT2D eigenvalue weighted by atomic mass is 16.5. The van der Waals surface area contributed by atoms with Gasteiger partial charge in [0.2, 0.25) is 0 Å². The van der Waals surface area contributed by atoms with Crippen LogP contribution in [0.25, 0.3) is 0 Å². The van der Waals surface area contributed by atoms with Crippen molar-refractivity contribution in [3.63, 3.8) is 0 Å². The largest absolute Gasteiger partial charge is 0.481 e. The van der Waals surface area contributed by atoms with Crippen LogP contribution in [0.3, 0.4) is 0 Å². The van der Waals surface area contributed by atoms with Gasteiger partial charge in [-0.3, -0.25) is 19.2 Å². The van der Waals surface area contributed by atoms with E-state index in [1.807, 2.05) is 0 Å². The molecule has 0 aliphatic rings. The Labute approximate surface area is 154 Å². The smallest absolute Gasteiger partial charge is 0.303 e. The van der Waals surface area contributed by atoms with Gasteiger partial charge in [0.05, 0.1) is 13.2 Å². The van der Waals surface area contributed by atoms with Crippen molar-refractivity contribution < 1.29 is 38.9 Å². The molecular formula is C18H32O8. The van der Waals surface area contributed by atoms with Crippen molar-refractivity contribution in [3.8, 4) is 0 Å². The normalized spacial score (nSPS) is 9.54. The Morgan fingerprint density at radius 3 is 1.19 bits per heavy atom. The Morgan fingerprint density at radius 1 is 0.577 bits per heavy atom. The van der Waals surface area contributed by atoms with Gasteiger partial charge in [-0.05, 0) is 25.7 Å². The van der Waals surface area contributed by atoms with Gasteiger partial charge in [0.1, 0.15) is 0 Å². The maximum absolute atomic E-state index is 10.1. The number of aliphatic carboxylic acids is 2. The minimum Gasteiger partial charge on any atom is -0.481 e. The van der Waals surface area contributed by atoms with Crippen LogP contribution in [0, 0.1) is 0 Å². The molecule has 0 bridgehead atoms. The summed E-state index contributed by atoms with van der Waals surface area (Å²) in [5, 5.41) is 16.7. The van der Waals surface area contributed by atoms with Gasteiger partial charge in [0.25, 0.3) is 12.9 Å². The third-order valence-corrected chi connectivity index (χ3v) is 3.44. The topological polar surface area (TPSA) is 127 Å². The molecule has 0 radical (unpaired) electrons. The fourth-order valence-corrected chi connectivity index (χ4v) is 2.08. The van der Waals surface area contributed by atoms with Crippen LogP contribution in [0.2, 0.25) is 0 Å². The summed E-state index contributed by atoms with van der Waals surface area (Å²) in [4.78, 5) is 39.7. The third kappa shape index (κ3) is 29.8. The van der Waals surface area contributed by atoms with E-state index in [1.54, 1.807) is 0 Å². The second-order valence-corrected chi connectivity index (χ2v) is 5.76. The van der Waals surface area contributed by atoms with Crippen LogP contribution in [0.5, 0.6) is 0 Å². The summed E-state index contributed by atoms with van der Waals surface area (Å²) >= 11 is 0. The quantitative estimate of drug-likeness (QED) is 0.276. The van der Waals surface area contributed by atoms with Gasteiger partial charge < -0.3 is 19.7 Å². The zero-order valence-corrected chi connectivity index (χ0v) is 15.4. The van der Waals surface area contributed by atoms with Crippen molar-refractivity contribution >= 4 is 24.9 Å². The minimum atomic E-state index is -0.732. The third-order valence-electron chi connectivity index (χ3n) is 3.44. The van der Waals surface area contributed by atoms with Crippen molar-refractivity contribution in [1.82, 2.24) is 0 Å². The van der Waals surface area contributed by atoms with E-state index in [-0.39, 0.29) is 12.8 Å². The van der Waals surface area contributed by atoms with E-state index in [0.717, 1.165) is 64.2 Å². The van der Waals surface area contributed by atoms with E-state index < -0.39 is 11.9 Å². The predicted molar refractivity (Wildman–Crippen MR) is 94.7 cm³/mol. The first kappa shape index (κ1) is 26.1. The zero-order valence-electron chi connectivity index (χ0n) is 15.4. The fourth-order valence-electron chi connectivity index (χ4n) is 2.08. The summed E-state index contributed by atoms with van der Waals surface area (Å²) in [6.45, 7) is 1.85. The van der Waals surface area contributed by atoms with E-state index >= 15 is 0 Å². The Hall–Kier alpha value is -2.12. The monoisotopic (exact) mass is 376 g/mol. The van der Waals surface area contributed by atoms with Crippen LogP contribution in [-0.2, 0) is 28.7 Å². The number of ether oxygens (including phenoxy) is 2. The Kier molecular flexibility index (Phi) is 23.0. The van der Waals surface area contributed by atoms with Crippen LogP contribution in [0.15, 0.2) is 0 Å². The summed E-state index contributed by atoms with van der Waals surface area (Å²) in [7, 11) is 0. The molecule has 26 heavy (non-hydrogen) atoms. The lowest BCUT2D eigenvalue weighted by Crippen LogP contribution is -1.94. The van der Waals surface area contributed by atoms with E-state index in [1.165, 1.54) is 0 Å². The van der Waals surface area contributed by atoms with Gasteiger partial charge in [-0.1, -0.05) is 38.5 Å². The first-order valence-corrected chi connectivity index (χ1v) is 9.08. The average Bonchev–Trinajstić information content (AvgIpc) is 2.60. The van der Waals surface area contributed by atoms with Gasteiger partial charge >= 0.3 is 11.9 Å². The molecule has 0 fully saturated rings. The standard InChI is InChI=1S/2C9H16O4/c2*10-8-13-7-5-3-1-2-4-6-9(11)12/h2*8H,1-7H2,(H,11,12). The van der Waals surface area contributed by atoms with Crippen LogP contribution in [0.4, 0.5) is 0 Å². The lowest BCUT2D eigenvalue weighted by Gasteiger charge is -1.99. The first-order valence-electron chi connectivity index (χ1n) is 9.08. The molecule has 8 nitrogen and oxygen atoms in total. The Morgan fingerprint density at radius 2 is 0.885 bits per heavy atom. The molecule has 8 heteroatoms. The molecule has 2 N–H and O–H groups in total. The van der Waals surface area contributed by atoms with Crippen molar-refractivity contribution in [3.05, 3.63) is 0 Å². The van der Waals surface area contributed by atoms with Crippen molar-refractivity contribution in [2.75, 3.05) is 13.2 Å². The number of unbranched alkanes of at least 4 members (excludes halogenated alkanes) is 8. The molecule has 0 aromatic heterocycles. The average molecular weight is 376 g/mol. The van der Waals surface area contributed by atoms with E-state index in [0.29, 0.717) is 26.2 Å². The first-order chi connectivity index (χ1) is 12.5. The molecule has 0 heterocycles. The molecular weight excluding hydrogens is 344 g/mol. The van der Waals surface area contributed by atoms with Crippen LogP contribution >= 0.6 is 0 Å². The number of carbonyl (C=O) groups excluding carboxylic acids is 2. The summed E-state index contributed by atoms with van der Waals surface area (Å²) in [5.41, 5.74) is 0. The molecule has 0 aliphatic carbocycles. The summed E-state index contributed by atoms with van der Waals surface area (Å²) in [5.74, 6) is -1.46. The van der Waals surface area contributed by atoms with Crippen molar-refractivity contribution in [1.29, 1.82) is 0 Å². The Balaban J connectivity index is 0. The minimum absolute atomic E-state index is 0.255. The molecule has 0 saturated heterocycles. The van der Waals surface area contributed by atoms with Crippen LogP contribution < -0.4 is 0 Å². The summed E-state index contributed by atoms with van der Waals surface area (Å²) in [6, 6.07) is 0. The maximum atomic E-state index is 10.1. The molecule has 0 aromatic carbocycles. The van der Waals surface area contributed by atoms with Gasteiger partial charge in [-0.2, -0.15) is 0 Å². The molecule has 0 unspecified atom stereocenters. The van der Waals surface area contributed by atoms with Crippen molar-refractivity contribution in [2.45, 2.75) is 77.0 Å². The molecule has 0 spiro atoms. The highest BCUT2D eigenvalue weighted by molar-refractivity contribution is 5.66. The number of hydrogen-bond acceptors (Lipinski definition) is 6. The van der Waals surface area contributed by atoms with E-state index in [2.05, 4.69) is 9.47 Å². The number of carboxylic acid groups (broad SMARTS) is 2.